The molecule has 0 aromatic rings. The second-order valence-corrected chi connectivity index (χ2v) is 6.61. The first kappa shape index (κ1) is 16.3. The van der Waals surface area contributed by atoms with Crippen LogP contribution >= 0.6 is 0 Å². The largest absolute Gasteiger partial charge is 0.355 e. The maximum Gasteiger partial charge on any atom is 0.227 e. The van der Waals surface area contributed by atoms with Crippen LogP contribution in [0.15, 0.2) is 0 Å². The lowest BCUT2D eigenvalue weighted by Gasteiger charge is -2.37. The van der Waals surface area contributed by atoms with Crippen molar-refractivity contribution in [1.29, 1.82) is 0 Å². The SMILES string of the molecule is CCC(C)NC(=O)CCNC(=O)[C@@]12CCCC[C@H]1CNC2. The molecule has 2 fully saturated rings. The van der Waals surface area contributed by atoms with Gasteiger partial charge in [-0.1, -0.05) is 19.8 Å². The molecule has 21 heavy (non-hydrogen) atoms. The molecule has 1 saturated carbocycles. The number of fused-ring (bicyclic) bond motifs is 1. The average Bonchev–Trinajstić information content (AvgIpc) is 2.92. The molecule has 0 radical (unpaired) electrons. The Kier molecular flexibility index (Phi) is 5.62. The van der Waals surface area contributed by atoms with Crippen LogP contribution in [0.5, 0.6) is 0 Å². The minimum atomic E-state index is -0.217. The smallest absolute Gasteiger partial charge is 0.227 e. The zero-order valence-corrected chi connectivity index (χ0v) is 13.3. The lowest BCUT2D eigenvalue weighted by Crippen LogP contribution is -2.48. The summed E-state index contributed by atoms with van der Waals surface area (Å²) in [5.74, 6) is 0.639. The predicted octanol–water partition coefficient (Wildman–Crippen LogP) is 1.19. The molecule has 5 nitrogen and oxygen atoms in total. The Morgan fingerprint density at radius 2 is 2.19 bits per heavy atom. The highest BCUT2D eigenvalue weighted by atomic mass is 16.2. The summed E-state index contributed by atoms with van der Waals surface area (Å²) in [6.45, 7) is 6.23. The van der Waals surface area contributed by atoms with Gasteiger partial charge in [-0.15, -0.1) is 0 Å². The van der Waals surface area contributed by atoms with Gasteiger partial charge in [0.1, 0.15) is 0 Å². The highest BCUT2D eigenvalue weighted by molar-refractivity contribution is 5.84. The zero-order chi connectivity index (χ0) is 15.3. The fraction of sp³-hybridized carbons (Fsp3) is 0.875. The minimum absolute atomic E-state index is 0.0203. The van der Waals surface area contributed by atoms with Gasteiger partial charge in [-0.2, -0.15) is 0 Å². The molecule has 3 N–H and O–H groups in total. The molecule has 1 saturated heterocycles. The van der Waals surface area contributed by atoms with E-state index in [1.54, 1.807) is 0 Å². The number of hydrogen-bond donors (Lipinski definition) is 3. The monoisotopic (exact) mass is 295 g/mol. The van der Waals surface area contributed by atoms with E-state index in [0.29, 0.717) is 18.9 Å². The van der Waals surface area contributed by atoms with E-state index >= 15 is 0 Å². The van der Waals surface area contributed by atoms with E-state index in [9.17, 15) is 9.59 Å². The maximum atomic E-state index is 12.6. The molecule has 1 aliphatic carbocycles. The summed E-state index contributed by atoms with van der Waals surface area (Å²) in [6, 6.07) is 0.202. The first-order chi connectivity index (χ1) is 10.1. The van der Waals surface area contributed by atoms with E-state index in [1.165, 1.54) is 6.42 Å². The van der Waals surface area contributed by atoms with E-state index in [1.807, 2.05) is 13.8 Å². The molecular weight excluding hydrogens is 266 g/mol. The van der Waals surface area contributed by atoms with E-state index in [-0.39, 0.29) is 23.3 Å². The summed E-state index contributed by atoms with van der Waals surface area (Å²) in [6.07, 6.45) is 5.79. The number of hydrogen-bond acceptors (Lipinski definition) is 3. The number of carbonyl (C=O) groups excluding carboxylic acids is 2. The summed E-state index contributed by atoms with van der Waals surface area (Å²) in [5.41, 5.74) is -0.217. The van der Waals surface area contributed by atoms with Crippen molar-refractivity contribution in [3.63, 3.8) is 0 Å². The van der Waals surface area contributed by atoms with E-state index in [2.05, 4.69) is 16.0 Å². The number of carbonyl (C=O) groups is 2. The Hall–Kier alpha value is -1.10. The number of rotatable bonds is 6. The second kappa shape index (κ2) is 7.25. The molecule has 2 aliphatic rings. The first-order valence-corrected chi connectivity index (χ1v) is 8.37. The van der Waals surface area contributed by atoms with Gasteiger partial charge in [0.05, 0.1) is 5.41 Å². The molecule has 0 spiro atoms. The first-order valence-electron chi connectivity index (χ1n) is 8.37. The van der Waals surface area contributed by atoms with Crippen molar-refractivity contribution in [2.75, 3.05) is 19.6 Å². The van der Waals surface area contributed by atoms with Crippen LogP contribution in [0, 0.1) is 11.3 Å². The quantitative estimate of drug-likeness (QED) is 0.689. The Morgan fingerprint density at radius 1 is 1.38 bits per heavy atom. The molecule has 2 rings (SSSR count). The van der Waals surface area contributed by atoms with Crippen LogP contribution in [0.25, 0.3) is 0 Å². The molecule has 0 aromatic heterocycles. The Morgan fingerprint density at radius 3 is 2.95 bits per heavy atom. The predicted molar refractivity (Wildman–Crippen MR) is 82.8 cm³/mol. The van der Waals surface area contributed by atoms with Crippen molar-refractivity contribution < 1.29 is 9.59 Å². The molecule has 1 heterocycles. The van der Waals surface area contributed by atoms with Gasteiger partial charge in [-0.3, -0.25) is 9.59 Å². The molecule has 0 aromatic carbocycles. The van der Waals surface area contributed by atoms with Gasteiger partial charge in [-0.25, -0.2) is 0 Å². The zero-order valence-electron chi connectivity index (χ0n) is 13.3. The van der Waals surface area contributed by atoms with Crippen LogP contribution in [0.2, 0.25) is 0 Å². The molecule has 120 valence electrons. The summed E-state index contributed by atoms with van der Waals surface area (Å²) >= 11 is 0. The Balaban J connectivity index is 1.78. The van der Waals surface area contributed by atoms with Crippen molar-refractivity contribution >= 4 is 11.8 Å². The standard InChI is InChI=1S/C16H29N3O2/c1-3-12(2)19-14(20)7-9-18-15(21)16-8-5-4-6-13(16)10-17-11-16/h12-13,17H,3-11H2,1-2H3,(H,18,21)(H,19,20)/t12?,13-,16+/m0/s1. The fourth-order valence-corrected chi connectivity index (χ4v) is 3.61. The third kappa shape index (κ3) is 3.76. The topological polar surface area (TPSA) is 70.2 Å². The molecule has 2 amide bonds. The van der Waals surface area contributed by atoms with Gasteiger partial charge in [0.15, 0.2) is 0 Å². The molecule has 5 heteroatoms. The van der Waals surface area contributed by atoms with Crippen LogP contribution in [-0.4, -0.2) is 37.5 Å². The van der Waals surface area contributed by atoms with Crippen molar-refractivity contribution in [3.8, 4) is 0 Å². The van der Waals surface area contributed by atoms with E-state index in [4.69, 9.17) is 0 Å². The molecule has 3 atom stereocenters. The van der Waals surface area contributed by atoms with Crippen LogP contribution < -0.4 is 16.0 Å². The number of amides is 2. The lowest BCUT2D eigenvalue weighted by atomic mass is 9.67. The third-order valence-corrected chi connectivity index (χ3v) is 5.15. The van der Waals surface area contributed by atoms with Gasteiger partial charge in [0.2, 0.25) is 11.8 Å². The van der Waals surface area contributed by atoms with Gasteiger partial charge in [0, 0.05) is 25.6 Å². The lowest BCUT2D eigenvalue weighted by molar-refractivity contribution is -0.134. The van der Waals surface area contributed by atoms with Gasteiger partial charge >= 0.3 is 0 Å². The van der Waals surface area contributed by atoms with Crippen LogP contribution in [0.1, 0.15) is 52.4 Å². The summed E-state index contributed by atoms with van der Waals surface area (Å²) in [4.78, 5) is 24.3. The van der Waals surface area contributed by atoms with Crippen LogP contribution in [0.3, 0.4) is 0 Å². The van der Waals surface area contributed by atoms with Gasteiger partial charge < -0.3 is 16.0 Å². The molecular formula is C16H29N3O2. The summed E-state index contributed by atoms with van der Waals surface area (Å²) in [5, 5.41) is 9.30. The third-order valence-electron chi connectivity index (χ3n) is 5.15. The maximum absolute atomic E-state index is 12.6. The van der Waals surface area contributed by atoms with Gasteiger partial charge in [0.25, 0.3) is 0 Å². The molecule has 1 unspecified atom stereocenters. The summed E-state index contributed by atoms with van der Waals surface area (Å²) < 4.78 is 0. The van der Waals surface area contributed by atoms with Crippen molar-refractivity contribution in [2.24, 2.45) is 11.3 Å². The summed E-state index contributed by atoms with van der Waals surface area (Å²) in [7, 11) is 0. The molecule has 0 bridgehead atoms. The van der Waals surface area contributed by atoms with Crippen molar-refractivity contribution in [1.82, 2.24) is 16.0 Å². The molecule has 1 aliphatic heterocycles. The fourth-order valence-electron chi connectivity index (χ4n) is 3.61. The minimum Gasteiger partial charge on any atom is -0.355 e. The highest BCUT2D eigenvalue weighted by Gasteiger charge is 2.49. The van der Waals surface area contributed by atoms with Crippen LogP contribution in [0.4, 0.5) is 0 Å². The normalized spacial score (nSPS) is 29.5. The van der Waals surface area contributed by atoms with Crippen molar-refractivity contribution in [3.05, 3.63) is 0 Å². The van der Waals surface area contributed by atoms with Crippen molar-refractivity contribution in [2.45, 2.75) is 58.4 Å². The highest BCUT2D eigenvalue weighted by Crippen LogP contribution is 2.43. The Labute approximate surface area is 127 Å². The number of nitrogens with one attached hydrogen (secondary N) is 3. The van der Waals surface area contributed by atoms with Crippen LogP contribution in [-0.2, 0) is 9.59 Å². The second-order valence-electron chi connectivity index (χ2n) is 6.61. The Bertz CT molecular complexity index is 386. The van der Waals surface area contributed by atoms with E-state index in [0.717, 1.165) is 38.8 Å². The van der Waals surface area contributed by atoms with E-state index < -0.39 is 0 Å². The average molecular weight is 295 g/mol. The van der Waals surface area contributed by atoms with Gasteiger partial charge in [-0.05, 0) is 38.6 Å².